The van der Waals surface area contributed by atoms with Gasteiger partial charge < -0.3 is 9.64 Å². The normalized spacial score (nSPS) is 12.6. The average Bonchev–Trinajstić information content (AvgIpc) is 2.76. The number of hydrogen-bond acceptors (Lipinski definition) is 6. The molecule has 3 N–H and O–H groups in total. The lowest BCUT2D eigenvalue weighted by molar-refractivity contribution is -0.147. The average molecular weight is 420 g/mol. The quantitative estimate of drug-likeness (QED) is 0.274. The van der Waals surface area contributed by atoms with Gasteiger partial charge in [0, 0.05) is 12.6 Å². The molecule has 0 saturated heterocycles. The number of rotatable bonds is 7. The number of amides is 3. The monoisotopic (exact) mass is 420 g/mol. The standard InChI is InChI=1S/C19H18F2N4O5/c1-19(16(27)23-22,17(28)24-29)25(2)15(26)13-5-3-11(4-6-13)12-7-9-14(10-8-12)30-18(20)21/h3-10,18,22,29H,1-2H3,(H,24,28)/t19-/m0/s1. The zero-order valence-electron chi connectivity index (χ0n) is 15.9. The second-order valence-electron chi connectivity index (χ2n) is 6.27. The van der Waals surface area contributed by atoms with Crippen LogP contribution in [0, 0.1) is 5.53 Å². The number of nitrogens with one attached hydrogen (secondary N) is 2. The Balaban J connectivity index is 2.26. The molecule has 1 atom stereocenters. The maximum atomic E-state index is 12.7. The van der Waals surface area contributed by atoms with Gasteiger partial charge in [0.1, 0.15) is 5.75 Å². The maximum Gasteiger partial charge on any atom is 0.387 e. The van der Waals surface area contributed by atoms with E-state index in [1.807, 2.05) is 0 Å². The molecule has 11 heteroatoms. The minimum absolute atomic E-state index is 0.00749. The molecular formula is C19H18F2N4O5. The van der Waals surface area contributed by atoms with E-state index in [0.29, 0.717) is 11.1 Å². The Morgan fingerprint density at radius 3 is 2.03 bits per heavy atom. The molecule has 0 fully saturated rings. The molecule has 0 aliphatic rings. The molecule has 2 aromatic carbocycles. The Morgan fingerprint density at radius 1 is 1.10 bits per heavy atom. The summed E-state index contributed by atoms with van der Waals surface area (Å²) in [6, 6.07) is 11.9. The van der Waals surface area contributed by atoms with Crippen molar-refractivity contribution < 1.29 is 33.1 Å². The van der Waals surface area contributed by atoms with Gasteiger partial charge in [-0.3, -0.25) is 19.6 Å². The molecule has 2 aromatic rings. The lowest BCUT2D eigenvalue weighted by Crippen LogP contribution is -2.61. The number of halogens is 2. The highest BCUT2D eigenvalue weighted by Gasteiger charge is 2.47. The van der Waals surface area contributed by atoms with Gasteiger partial charge in [0.05, 0.1) is 0 Å². The van der Waals surface area contributed by atoms with Gasteiger partial charge in [-0.15, -0.1) is 5.11 Å². The minimum Gasteiger partial charge on any atom is -0.435 e. The van der Waals surface area contributed by atoms with E-state index in [1.54, 1.807) is 24.3 Å². The zero-order valence-corrected chi connectivity index (χ0v) is 15.9. The summed E-state index contributed by atoms with van der Waals surface area (Å²) in [5.41, 5.74) is 7.41. The molecule has 30 heavy (non-hydrogen) atoms. The number of ether oxygens (including phenoxy) is 1. The highest BCUT2D eigenvalue weighted by Crippen LogP contribution is 2.25. The smallest absolute Gasteiger partial charge is 0.387 e. The molecule has 9 nitrogen and oxygen atoms in total. The van der Waals surface area contributed by atoms with Crippen molar-refractivity contribution in [1.29, 1.82) is 5.53 Å². The summed E-state index contributed by atoms with van der Waals surface area (Å²) in [4.78, 5) is 37.5. The van der Waals surface area contributed by atoms with Crippen molar-refractivity contribution in [3.63, 3.8) is 0 Å². The maximum absolute atomic E-state index is 12.7. The second kappa shape index (κ2) is 9.18. The summed E-state index contributed by atoms with van der Waals surface area (Å²) in [5, 5.41) is 11.6. The third-order valence-electron chi connectivity index (χ3n) is 4.58. The van der Waals surface area contributed by atoms with Crippen molar-refractivity contribution in [2.75, 3.05) is 7.05 Å². The molecule has 0 saturated carbocycles. The number of hydroxylamine groups is 1. The van der Waals surface area contributed by atoms with Gasteiger partial charge >= 0.3 is 6.61 Å². The molecule has 0 aliphatic heterocycles. The fourth-order valence-corrected chi connectivity index (χ4v) is 2.64. The topological polar surface area (TPSA) is 132 Å². The number of carbonyl (C=O) groups is 3. The number of alkyl halides is 2. The van der Waals surface area contributed by atoms with Gasteiger partial charge in [0.2, 0.25) is 5.54 Å². The van der Waals surface area contributed by atoms with Crippen molar-refractivity contribution in [3.05, 3.63) is 54.1 Å². The zero-order chi connectivity index (χ0) is 22.5. The summed E-state index contributed by atoms with van der Waals surface area (Å²) in [6.07, 6.45) is 0. The molecule has 3 amide bonds. The fourth-order valence-electron chi connectivity index (χ4n) is 2.64. The van der Waals surface area contributed by atoms with Gasteiger partial charge in [-0.1, -0.05) is 24.3 Å². The molecule has 2 rings (SSSR count). The van der Waals surface area contributed by atoms with E-state index < -0.39 is 29.9 Å². The van der Waals surface area contributed by atoms with E-state index in [1.165, 1.54) is 29.7 Å². The Labute approximate surface area is 169 Å². The predicted octanol–water partition coefficient (Wildman–Crippen LogP) is 2.85. The summed E-state index contributed by atoms with van der Waals surface area (Å²) in [5.74, 6) is -3.19. The number of likely N-dealkylation sites (N-methyl/N-ethyl adjacent to an activating group) is 1. The number of carbonyl (C=O) groups excluding carboxylic acids is 3. The van der Waals surface area contributed by atoms with Crippen molar-refractivity contribution in [2.45, 2.75) is 19.1 Å². The molecule has 0 bridgehead atoms. The first kappa shape index (κ1) is 22.6. The summed E-state index contributed by atoms with van der Waals surface area (Å²) >= 11 is 0. The predicted molar refractivity (Wildman–Crippen MR) is 99.1 cm³/mol. The van der Waals surface area contributed by atoms with Crippen LogP contribution in [0.3, 0.4) is 0 Å². The Kier molecular flexibility index (Phi) is 6.90. The number of hydrogen-bond donors (Lipinski definition) is 3. The van der Waals surface area contributed by atoms with E-state index in [9.17, 15) is 23.2 Å². The molecule has 0 unspecified atom stereocenters. The lowest BCUT2D eigenvalue weighted by Gasteiger charge is -2.33. The lowest BCUT2D eigenvalue weighted by atomic mass is 9.96. The van der Waals surface area contributed by atoms with E-state index >= 15 is 0 Å². The van der Waals surface area contributed by atoms with Gasteiger partial charge in [0.25, 0.3) is 17.7 Å². The first-order chi connectivity index (χ1) is 14.1. The van der Waals surface area contributed by atoms with Crippen LogP contribution in [0.25, 0.3) is 11.1 Å². The SMILES string of the molecule is CN(C(=O)c1ccc(-c2ccc(OC(F)F)cc2)cc1)[C@@](C)(C(=O)N=N)C(=O)NO. The van der Waals surface area contributed by atoms with Gasteiger partial charge in [-0.25, -0.2) is 11.0 Å². The molecule has 0 aliphatic carbocycles. The van der Waals surface area contributed by atoms with Crippen LogP contribution in [0.5, 0.6) is 5.75 Å². The second-order valence-corrected chi connectivity index (χ2v) is 6.27. The molecule has 0 spiro atoms. The van der Waals surface area contributed by atoms with Crippen LogP contribution in [-0.4, -0.2) is 47.0 Å². The third kappa shape index (κ3) is 4.46. The van der Waals surface area contributed by atoms with Crippen LogP contribution in [0.4, 0.5) is 8.78 Å². The Bertz CT molecular complexity index is 950. The number of benzene rings is 2. The largest absolute Gasteiger partial charge is 0.435 e. The highest BCUT2D eigenvalue weighted by molar-refractivity contribution is 6.13. The molecule has 0 radical (unpaired) electrons. The molecule has 158 valence electrons. The third-order valence-corrected chi connectivity index (χ3v) is 4.58. The minimum atomic E-state index is -2.92. The molecule has 0 aromatic heterocycles. The van der Waals surface area contributed by atoms with Gasteiger partial charge in [0.15, 0.2) is 0 Å². The van der Waals surface area contributed by atoms with Crippen molar-refractivity contribution in [2.24, 2.45) is 5.11 Å². The van der Waals surface area contributed by atoms with Crippen LogP contribution >= 0.6 is 0 Å². The molecular weight excluding hydrogens is 402 g/mol. The van der Waals surface area contributed by atoms with Gasteiger partial charge in [-0.2, -0.15) is 8.78 Å². The van der Waals surface area contributed by atoms with Crippen LogP contribution in [0.1, 0.15) is 17.3 Å². The summed E-state index contributed by atoms with van der Waals surface area (Å²) < 4.78 is 28.7. The van der Waals surface area contributed by atoms with Crippen LogP contribution in [-0.2, 0) is 9.59 Å². The van der Waals surface area contributed by atoms with E-state index in [-0.39, 0.29) is 11.3 Å². The summed E-state index contributed by atoms with van der Waals surface area (Å²) in [6.45, 7) is -1.87. The van der Waals surface area contributed by atoms with E-state index in [4.69, 9.17) is 10.7 Å². The number of nitrogens with zero attached hydrogens (tertiary/aromatic N) is 2. The van der Waals surface area contributed by atoms with Gasteiger partial charge in [-0.05, 0) is 42.3 Å². The van der Waals surface area contributed by atoms with Crippen LogP contribution < -0.4 is 10.2 Å². The van der Waals surface area contributed by atoms with E-state index in [0.717, 1.165) is 18.9 Å². The van der Waals surface area contributed by atoms with E-state index in [2.05, 4.69) is 9.85 Å². The molecule has 0 heterocycles. The van der Waals surface area contributed by atoms with Crippen LogP contribution in [0.15, 0.2) is 53.6 Å². The van der Waals surface area contributed by atoms with Crippen molar-refractivity contribution in [1.82, 2.24) is 10.4 Å². The van der Waals surface area contributed by atoms with Crippen molar-refractivity contribution in [3.8, 4) is 16.9 Å². The van der Waals surface area contributed by atoms with Crippen molar-refractivity contribution >= 4 is 17.7 Å². The first-order valence-electron chi connectivity index (χ1n) is 8.45. The Morgan fingerprint density at radius 2 is 1.60 bits per heavy atom. The first-order valence-corrected chi connectivity index (χ1v) is 8.45. The highest BCUT2D eigenvalue weighted by atomic mass is 19.3. The van der Waals surface area contributed by atoms with Crippen LogP contribution in [0.2, 0.25) is 0 Å². The fraction of sp³-hybridized carbons (Fsp3) is 0.211. The Hall–Kier alpha value is -3.73. The summed E-state index contributed by atoms with van der Waals surface area (Å²) in [7, 11) is 1.16.